The largest absolute Gasteiger partial charge is 0.333 e. The van der Waals surface area contributed by atoms with Crippen molar-refractivity contribution in [3.63, 3.8) is 0 Å². The Labute approximate surface area is 158 Å². The van der Waals surface area contributed by atoms with Gasteiger partial charge in [0.15, 0.2) is 15.5 Å². The average molecular weight is 391 g/mol. The molecule has 1 saturated heterocycles. The maximum atomic E-state index is 13.4. The maximum Gasteiger partial charge on any atom is 0.275 e. The van der Waals surface area contributed by atoms with E-state index >= 15 is 0 Å². The van der Waals surface area contributed by atoms with E-state index in [1.54, 1.807) is 29.2 Å². The van der Waals surface area contributed by atoms with Crippen molar-refractivity contribution in [1.82, 2.24) is 14.7 Å². The Hall–Kier alpha value is -2.22. The van der Waals surface area contributed by atoms with Gasteiger partial charge in [0.2, 0.25) is 0 Å². The summed E-state index contributed by atoms with van der Waals surface area (Å²) in [5.74, 6) is -0.227. The molecule has 0 spiro atoms. The van der Waals surface area contributed by atoms with Crippen molar-refractivity contribution >= 4 is 26.5 Å². The number of nitrogens with zero attached hydrogens (tertiary/aromatic N) is 3. The molecule has 2 aromatic rings. The van der Waals surface area contributed by atoms with Gasteiger partial charge in [-0.25, -0.2) is 13.1 Å². The van der Waals surface area contributed by atoms with Crippen LogP contribution in [0.3, 0.4) is 0 Å². The lowest BCUT2D eigenvalue weighted by molar-refractivity contribution is 0.0690. The predicted octanol–water partition coefficient (Wildman–Crippen LogP) is 2.02. The van der Waals surface area contributed by atoms with E-state index in [1.165, 1.54) is 4.68 Å². The van der Waals surface area contributed by atoms with Gasteiger partial charge in [0.25, 0.3) is 11.5 Å². The number of carbonyl (C=O) groups is 1. The highest BCUT2D eigenvalue weighted by Gasteiger charge is 2.35. The molecule has 1 aliphatic heterocycles. The van der Waals surface area contributed by atoms with E-state index in [0.29, 0.717) is 30.2 Å². The molecule has 0 N–H and O–H groups in total. The molecule has 1 unspecified atom stereocenters. The van der Waals surface area contributed by atoms with Crippen molar-refractivity contribution in [1.29, 1.82) is 0 Å². The van der Waals surface area contributed by atoms with Crippen molar-refractivity contribution in [3.05, 3.63) is 40.3 Å². The van der Waals surface area contributed by atoms with Crippen molar-refractivity contribution in [3.8, 4) is 0 Å². The molecule has 1 aliphatic rings. The molecular weight excluding hydrogens is 366 g/mol. The van der Waals surface area contributed by atoms with Crippen LogP contribution in [0, 0.1) is 0 Å². The molecule has 1 aromatic heterocycles. The van der Waals surface area contributed by atoms with Crippen LogP contribution in [-0.2, 0) is 9.84 Å². The lowest BCUT2D eigenvalue weighted by atomic mass is 10.1. The van der Waals surface area contributed by atoms with E-state index in [9.17, 15) is 18.0 Å². The smallest absolute Gasteiger partial charge is 0.275 e. The van der Waals surface area contributed by atoms with Crippen LogP contribution >= 0.6 is 0 Å². The zero-order valence-electron chi connectivity index (χ0n) is 15.9. The van der Waals surface area contributed by atoms with E-state index in [0.717, 1.165) is 0 Å². The summed E-state index contributed by atoms with van der Waals surface area (Å²) in [7, 11) is -3.11. The van der Waals surface area contributed by atoms with E-state index in [-0.39, 0.29) is 40.7 Å². The lowest BCUT2D eigenvalue weighted by Gasteiger charge is -2.28. The van der Waals surface area contributed by atoms with Gasteiger partial charge in [-0.1, -0.05) is 25.1 Å². The SMILES string of the molecule is CCCN(C(=O)c1nn(C(C)C)c(=O)c2ccccc12)C1CCS(=O)(=O)C1. The topological polar surface area (TPSA) is 89.3 Å². The third-order valence-corrected chi connectivity index (χ3v) is 6.65. The first-order chi connectivity index (χ1) is 12.7. The van der Waals surface area contributed by atoms with Gasteiger partial charge >= 0.3 is 0 Å². The molecule has 3 rings (SSSR count). The van der Waals surface area contributed by atoms with Crippen LogP contribution < -0.4 is 5.56 Å². The zero-order chi connectivity index (χ0) is 19.8. The minimum absolute atomic E-state index is 0.0134. The predicted molar refractivity (Wildman–Crippen MR) is 105 cm³/mol. The molecule has 1 fully saturated rings. The minimum atomic E-state index is -3.11. The Morgan fingerprint density at radius 2 is 1.96 bits per heavy atom. The fraction of sp³-hybridized carbons (Fsp3) is 0.526. The number of benzene rings is 1. The first kappa shape index (κ1) is 19.5. The summed E-state index contributed by atoms with van der Waals surface area (Å²) in [5.41, 5.74) is -0.0284. The molecule has 1 aromatic carbocycles. The van der Waals surface area contributed by atoms with Gasteiger partial charge in [-0.3, -0.25) is 9.59 Å². The number of rotatable bonds is 5. The van der Waals surface area contributed by atoms with E-state index < -0.39 is 9.84 Å². The molecule has 0 saturated carbocycles. The highest BCUT2D eigenvalue weighted by atomic mass is 32.2. The summed E-state index contributed by atoms with van der Waals surface area (Å²) in [5, 5.41) is 5.32. The van der Waals surface area contributed by atoms with Crippen molar-refractivity contribution in [2.24, 2.45) is 0 Å². The van der Waals surface area contributed by atoms with Crippen LogP contribution in [0.1, 0.15) is 50.1 Å². The summed E-state index contributed by atoms with van der Waals surface area (Å²) in [4.78, 5) is 27.7. The second kappa shape index (κ2) is 7.42. The molecule has 0 aliphatic carbocycles. The van der Waals surface area contributed by atoms with Crippen LogP contribution in [0.2, 0.25) is 0 Å². The molecule has 2 heterocycles. The van der Waals surface area contributed by atoms with Crippen LogP contribution in [-0.4, -0.2) is 53.1 Å². The number of hydrogen-bond acceptors (Lipinski definition) is 5. The molecule has 1 amide bonds. The zero-order valence-corrected chi connectivity index (χ0v) is 16.7. The van der Waals surface area contributed by atoms with Crippen LogP contribution in [0.5, 0.6) is 0 Å². The number of carbonyl (C=O) groups excluding carboxylic acids is 1. The molecule has 27 heavy (non-hydrogen) atoms. The Morgan fingerprint density at radius 3 is 2.52 bits per heavy atom. The maximum absolute atomic E-state index is 13.4. The van der Waals surface area contributed by atoms with E-state index in [1.807, 2.05) is 20.8 Å². The van der Waals surface area contributed by atoms with Gasteiger partial charge in [-0.05, 0) is 32.8 Å². The molecule has 0 radical (unpaired) electrons. The van der Waals surface area contributed by atoms with E-state index in [4.69, 9.17) is 0 Å². The Kier molecular flexibility index (Phi) is 5.37. The third-order valence-electron chi connectivity index (χ3n) is 4.89. The second-order valence-corrected chi connectivity index (χ2v) is 9.52. The second-order valence-electron chi connectivity index (χ2n) is 7.29. The van der Waals surface area contributed by atoms with Gasteiger partial charge < -0.3 is 4.90 Å². The number of fused-ring (bicyclic) bond motifs is 1. The van der Waals surface area contributed by atoms with Crippen LogP contribution in [0.4, 0.5) is 0 Å². The highest BCUT2D eigenvalue weighted by molar-refractivity contribution is 7.91. The van der Waals surface area contributed by atoms with Crippen molar-refractivity contribution in [2.45, 2.75) is 45.7 Å². The standard InChI is InChI=1S/C19H25N3O4S/c1-4-10-21(14-9-11-27(25,26)12-14)19(24)17-15-7-5-6-8-16(15)18(23)22(20-17)13(2)3/h5-8,13-14H,4,9-12H2,1-3H3. The minimum Gasteiger partial charge on any atom is -0.333 e. The molecule has 8 heteroatoms. The first-order valence-corrected chi connectivity index (χ1v) is 11.1. The fourth-order valence-electron chi connectivity index (χ4n) is 3.56. The van der Waals surface area contributed by atoms with Gasteiger partial charge in [0.1, 0.15) is 0 Å². The summed E-state index contributed by atoms with van der Waals surface area (Å²) >= 11 is 0. The van der Waals surface area contributed by atoms with Crippen LogP contribution in [0.25, 0.3) is 10.8 Å². The third kappa shape index (κ3) is 3.76. The number of sulfone groups is 1. The fourth-order valence-corrected chi connectivity index (χ4v) is 5.29. The average Bonchev–Trinajstić information content (AvgIpc) is 2.99. The van der Waals surface area contributed by atoms with Crippen molar-refractivity contribution in [2.75, 3.05) is 18.1 Å². The summed E-state index contributed by atoms with van der Waals surface area (Å²) in [6.07, 6.45) is 1.15. The van der Waals surface area contributed by atoms with Gasteiger partial charge in [0, 0.05) is 18.0 Å². The number of aromatic nitrogens is 2. The van der Waals surface area contributed by atoms with E-state index in [2.05, 4.69) is 5.10 Å². The lowest BCUT2D eigenvalue weighted by Crippen LogP contribution is -2.43. The molecule has 0 bridgehead atoms. The van der Waals surface area contributed by atoms with Gasteiger partial charge in [0.05, 0.1) is 22.9 Å². The molecule has 146 valence electrons. The highest BCUT2D eigenvalue weighted by Crippen LogP contribution is 2.23. The Balaban J connectivity index is 2.13. The summed E-state index contributed by atoms with van der Waals surface area (Å²) < 4.78 is 25.1. The number of amides is 1. The summed E-state index contributed by atoms with van der Waals surface area (Å²) in [6, 6.07) is 6.40. The normalized spacial score (nSPS) is 18.9. The molecule has 1 atom stereocenters. The van der Waals surface area contributed by atoms with Crippen molar-refractivity contribution < 1.29 is 13.2 Å². The summed E-state index contributed by atoms with van der Waals surface area (Å²) in [6.45, 7) is 6.08. The van der Waals surface area contributed by atoms with Crippen LogP contribution in [0.15, 0.2) is 29.1 Å². The Morgan fingerprint density at radius 1 is 1.30 bits per heavy atom. The first-order valence-electron chi connectivity index (χ1n) is 9.28. The molecular formula is C19H25N3O4S. The van der Waals surface area contributed by atoms with Gasteiger partial charge in [-0.15, -0.1) is 0 Å². The Bertz CT molecular complexity index is 1030. The number of hydrogen-bond donors (Lipinski definition) is 0. The quantitative estimate of drug-likeness (QED) is 0.778. The molecule has 7 nitrogen and oxygen atoms in total. The van der Waals surface area contributed by atoms with Gasteiger partial charge in [-0.2, -0.15) is 5.10 Å². The monoisotopic (exact) mass is 391 g/mol.